The Morgan fingerprint density at radius 2 is 1.00 bits per heavy atom. The van der Waals surface area contributed by atoms with E-state index in [4.69, 9.17) is 0 Å². The standard InChI is InChI=1S/C28H20BN3Si/c1-33(2)23-15-13-17-7-5-11-21-25(17)27(23)32-28-24(33)16-14-18-8-6-12-22(26(18)28)31-20-10-4-3-9-19(20)30(21)29(31)32/h3-16H,1-2H3. The summed E-state index contributed by atoms with van der Waals surface area (Å²) in [5.74, 6) is 0. The molecule has 5 aromatic rings. The molecule has 0 saturated heterocycles. The third-order valence-corrected chi connectivity index (χ3v) is 11.9. The summed E-state index contributed by atoms with van der Waals surface area (Å²) in [5.41, 5.74) is 8.15. The number of para-hydroxylation sites is 2. The van der Waals surface area contributed by atoms with Gasteiger partial charge in [0.2, 0.25) is 0 Å². The van der Waals surface area contributed by atoms with Crippen molar-refractivity contribution in [3.63, 3.8) is 0 Å². The molecule has 0 aromatic heterocycles. The molecule has 0 bridgehead atoms. The molecule has 9 rings (SSSR count). The van der Waals surface area contributed by atoms with Crippen molar-refractivity contribution in [3.8, 4) is 0 Å². The minimum Gasteiger partial charge on any atom is -0.344 e. The van der Waals surface area contributed by atoms with E-state index < -0.39 is 8.07 Å². The van der Waals surface area contributed by atoms with E-state index in [1.54, 1.807) is 10.4 Å². The first-order chi connectivity index (χ1) is 16.2. The highest BCUT2D eigenvalue weighted by Gasteiger charge is 2.57. The van der Waals surface area contributed by atoms with Gasteiger partial charge in [0.25, 0.3) is 0 Å². The van der Waals surface area contributed by atoms with Crippen molar-refractivity contribution < 1.29 is 0 Å². The summed E-state index contributed by atoms with van der Waals surface area (Å²) in [6, 6.07) is 32.2. The van der Waals surface area contributed by atoms with Gasteiger partial charge in [-0.3, -0.25) is 0 Å². The van der Waals surface area contributed by atoms with Crippen molar-refractivity contribution in [3.05, 3.63) is 84.9 Å². The van der Waals surface area contributed by atoms with Crippen molar-refractivity contribution in [1.29, 1.82) is 0 Å². The molecule has 4 aliphatic heterocycles. The van der Waals surface area contributed by atoms with Gasteiger partial charge in [0, 0.05) is 33.5 Å². The maximum atomic E-state index is 2.69. The van der Waals surface area contributed by atoms with Crippen LogP contribution in [0.5, 0.6) is 0 Å². The second-order valence-electron chi connectivity index (χ2n) is 10.2. The number of hydrogen-bond acceptors (Lipinski definition) is 3. The summed E-state index contributed by atoms with van der Waals surface area (Å²) in [6.45, 7) is 5.07. The van der Waals surface area contributed by atoms with Gasteiger partial charge < -0.3 is 14.4 Å². The number of hydrogen-bond donors (Lipinski definition) is 0. The maximum Gasteiger partial charge on any atom is 0.519 e. The van der Waals surface area contributed by atoms with Gasteiger partial charge >= 0.3 is 7.12 Å². The van der Waals surface area contributed by atoms with Gasteiger partial charge in [-0.25, -0.2) is 0 Å². The number of rotatable bonds is 0. The zero-order valence-corrected chi connectivity index (χ0v) is 19.5. The van der Waals surface area contributed by atoms with E-state index in [0.717, 1.165) is 0 Å². The van der Waals surface area contributed by atoms with E-state index in [9.17, 15) is 0 Å². The lowest BCUT2D eigenvalue weighted by Crippen LogP contribution is -2.68. The van der Waals surface area contributed by atoms with E-state index in [2.05, 4.69) is 112 Å². The minimum absolute atomic E-state index is 0.0889. The highest BCUT2D eigenvalue weighted by atomic mass is 28.3. The first kappa shape index (κ1) is 16.9. The summed E-state index contributed by atoms with van der Waals surface area (Å²) in [6.07, 6.45) is 0. The molecule has 33 heavy (non-hydrogen) atoms. The normalized spacial score (nSPS) is 17.4. The van der Waals surface area contributed by atoms with Crippen LogP contribution in [0.1, 0.15) is 0 Å². The Kier molecular flexibility index (Phi) is 2.61. The zero-order valence-electron chi connectivity index (χ0n) is 18.5. The highest BCUT2D eigenvalue weighted by Crippen LogP contribution is 2.59. The lowest BCUT2D eigenvalue weighted by atomic mass is 9.75. The first-order valence-electron chi connectivity index (χ1n) is 11.8. The maximum absolute atomic E-state index is 2.69. The van der Waals surface area contributed by atoms with E-state index in [1.165, 1.54) is 55.7 Å². The Hall–Kier alpha value is -3.70. The molecule has 0 N–H and O–H groups in total. The van der Waals surface area contributed by atoms with Gasteiger partial charge in [-0.2, -0.15) is 0 Å². The fourth-order valence-corrected chi connectivity index (χ4v) is 10.0. The molecule has 0 aliphatic carbocycles. The van der Waals surface area contributed by atoms with Crippen molar-refractivity contribution in [2.45, 2.75) is 13.1 Å². The lowest BCUT2D eigenvalue weighted by Gasteiger charge is -2.52. The van der Waals surface area contributed by atoms with Crippen LogP contribution in [0.2, 0.25) is 13.1 Å². The van der Waals surface area contributed by atoms with Crippen molar-refractivity contribution in [1.82, 2.24) is 0 Å². The topological polar surface area (TPSA) is 9.72 Å². The molecular weight excluding hydrogens is 417 g/mol. The second-order valence-corrected chi connectivity index (χ2v) is 14.6. The van der Waals surface area contributed by atoms with E-state index >= 15 is 0 Å². The van der Waals surface area contributed by atoms with Crippen LogP contribution in [-0.4, -0.2) is 15.2 Å². The zero-order chi connectivity index (χ0) is 21.6. The number of benzene rings is 5. The Labute approximate surface area is 193 Å². The molecule has 0 spiro atoms. The molecule has 4 heterocycles. The molecule has 0 amide bonds. The van der Waals surface area contributed by atoms with Crippen molar-refractivity contribution >= 4 is 81.2 Å². The molecule has 0 atom stereocenters. The van der Waals surface area contributed by atoms with Crippen LogP contribution in [0.4, 0.5) is 34.1 Å². The smallest absolute Gasteiger partial charge is 0.344 e. The predicted molar refractivity (Wildman–Crippen MR) is 143 cm³/mol. The van der Waals surface area contributed by atoms with Gasteiger partial charge in [-0.15, -0.1) is 0 Å². The van der Waals surface area contributed by atoms with Crippen LogP contribution in [0.3, 0.4) is 0 Å². The second kappa shape index (κ2) is 5.10. The Balaban J connectivity index is 1.59. The third kappa shape index (κ3) is 1.64. The van der Waals surface area contributed by atoms with Crippen molar-refractivity contribution in [2.24, 2.45) is 0 Å². The summed E-state index contributed by atoms with van der Waals surface area (Å²) in [5, 5.41) is 8.60. The average molecular weight is 437 g/mol. The fraction of sp³-hybridized carbons (Fsp3) is 0.0714. The van der Waals surface area contributed by atoms with Crippen molar-refractivity contribution in [2.75, 3.05) is 14.4 Å². The van der Waals surface area contributed by atoms with Gasteiger partial charge in [0.15, 0.2) is 0 Å². The SMILES string of the molecule is C[Si]1(C)c2ccc3cccc4c3c2N2B3N4c4ccccc4N3c3cccc4ccc1c2c34. The Morgan fingerprint density at radius 3 is 1.52 bits per heavy atom. The number of nitrogens with zero attached hydrogens (tertiary/aromatic N) is 3. The third-order valence-electron chi connectivity index (χ3n) is 8.43. The highest BCUT2D eigenvalue weighted by molar-refractivity contribution is 7.04. The van der Waals surface area contributed by atoms with Gasteiger partial charge in [-0.1, -0.05) is 73.8 Å². The Bertz CT molecular complexity index is 1620. The summed E-state index contributed by atoms with van der Waals surface area (Å²) >= 11 is 0. The summed E-state index contributed by atoms with van der Waals surface area (Å²) < 4.78 is 0. The molecule has 154 valence electrons. The van der Waals surface area contributed by atoms with Gasteiger partial charge in [0.05, 0.1) is 11.4 Å². The fourth-order valence-electron chi connectivity index (χ4n) is 7.06. The molecule has 5 aromatic carbocycles. The Morgan fingerprint density at radius 1 is 0.515 bits per heavy atom. The van der Waals surface area contributed by atoms with Gasteiger partial charge in [0.1, 0.15) is 8.07 Å². The number of anilines is 6. The van der Waals surface area contributed by atoms with Gasteiger partial charge in [-0.05, 0) is 45.4 Å². The quantitative estimate of drug-likeness (QED) is 0.281. The molecule has 0 unspecified atom stereocenters. The van der Waals surface area contributed by atoms with Crippen LogP contribution in [0.25, 0.3) is 21.5 Å². The lowest BCUT2D eigenvalue weighted by molar-refractivity contribution is 1.25. The molecule has 0 saturated carbocycles. The molecule has 3 nitrogen and oxygen atoms in total. The van der Waals surface area contributed by atoms with Crippen LogP contribution >= 0.6 is 0 Å². The van der Waals surface area contributed by atoms with E-state index in [0.29, 0.717) is 0 Å². The summed E-state index contributed by atoms with van der Waals surface area (Å²) in [4.78, 5) is 7.84. The predicted octanol–water partition coefficient (Wildman–Crippen LogP) is 5.87. The minimum atomic E-state index is -1.88. The van der Waals surface area contributed by atoms with Crippen LogP contribution in [-0.2, 0) is 0 Å². The number of fused-ring (bicyclic) bond motifs is 5. The summed E-state index contributed by atoms with van der Waals surface area (Å²) in [7, 11) is -1.79. The van der Waals surface area contributed by atoms with E-state index in [1.807, 2.05) is 0 Å². The van der Waals surface area contributed by atoms with Crippen LogP contribution in [0, 0.1) is 0 Å². The molecule has 0 radical (unpaired) electrons. The molecule has 5 heteroatoms. The van der Waals surface area contributed by atoms with Crippen LogP contribution in [0.15, 0.2) is 84.9 Å². The monoisotopic (exact) mass is 437 g/mol. The average Bonchev–Trinajstić information content (AvgIpc) is 3.19. The largest absolute Gasteiger partial charge is 0.519 e. The molecule has 0 fully saturated rings. The molecule has 4 aliphatic rings. The first-order valence-corrected chi connectivity index (χ1v) is 14.8. The van der Waals surface area contributed by atoms with Crippen LogP contribution < -0.4 is 24.8 Å². The molecular formula is C28H20BN3Si. The van der Waals surface area contributed by atoms with E-state index in [-0.39, 0.29) is 7.12 Å².